The lowest BCUT2D eigenvalue weighted by molar-refractivity contribution is 0.171. The fourth-order valence-electron chi connectivity index (χ4n) is 3.03. The summed E-state index contributed by atoms with van der Waals surface area (Å²) in [5.41, 5.74) is 1.09. The number of H-pyrrole nitrogens is 1. The van der Waals surface area contributed by atoms with Gasteiger partial charge in [-0.1, -0.05) is 18.2 Å². The van der Waals surface area contributed by atoms with Crippen LogP contribution in [0.4, 0.5) is 5.95 Å². The number of aliphatic hydroxyl groups is 1. The molecule has 1 aliphatic carbocycles. The Morgan fingerprint density at radius 2 is 2.09 bits per heavy atom. The average molecular weight is 311 g/mol. The van der Waals surface area contributed by atoms with Gasteiger partial charge in [0.2, 0.25) is 5.95 Å². The number of nitrogens with one attached hydrogen (secondary N) is 2. The number of anilines is 1. The highest BCUT2D eigenvalue weighted by Crippen LogP contribution is 2.22. The van der Waals surface area contributed by atoms with E-state index in [1.165, 1.54) is 6.20 Å². The van der Waals surface area contributed by atoms with Gasteiger partial charge in [-0.15, -0.1) is 0 Å². The van der Waals surface area contributed by atoms with Crippen molar-refractivity contribution in [1.82, 2.24) is 19.7 Å². The third-order valence-electron chi connectivity index (χ3n) is 4.24. The largest absolute Gasteiger partial charge is 0.391 e. The molecule has 7 nitrogen and oxygen atoms in total. The molecule has 2 heterocycles. The normalized spacial score (nSPS) is 20.9. The van der Waals surface area contributed by atoms with Gasteiger partial charge in [0.25, 0.3) is 5.56 Å². The summed E-state index contributed by atoms with van der Waals surface area (Å²) in [6.45, 7) is 0. The standard InChI is InChI=1S/C16H17N5O2/c22-13-8-4-7-12(13)18-16-19-14-11(15(23)20-16)9-17-21(14)10-5-2-1-3-6-10/h1-3,5-6,9,12-13,22H,4,7-8H2,(H2,18,19,20,23)/t12-,13-/m1/s1. The molecule has 0 aliphatic heterocycles. The number of aromatic nitrogens is 4. The average Bonchev–Trinajstić information content (AvgIpc) is 3.15. The highest BCUT2D eigenvalue weighted by molar-refractivity contribution is 5.76. The number of nitrogens with zero attached hydrogens (tertiary/aromatic N) is 3. The third kappa shape index (κ3) is 2.49. The van der Waals surface area contributed by atoms with Gasteiger partial charge in [-0.05, 0) is 31.4 Å². The Morgan fingerprint density at radius 3 is 2.83 bits per heavy atom. The predicted octanol–water partition coefficient (Wildman–Crippen LogP) is 1.43. The molecule has 1 fully saturated rings. The molecular formula is C16H17N5O2. The molecule has 23 heavy (non-hydrogen) atoms. The molecule has 3 aromatic rings. The van der Waals surface area contributed by atoms with Crippen molar-refractivity contribution >= 4 is 17.0 Å². The second kappa shape index (κ2) is 5.51. The summed E-state index contributed by atoms with van der Waals surface area (Å²) in [4.78, 5) is 19.5. The lowest BCUT2D eigenvalue weighted by atomic mass is 10.2. The van der Waals surface area contributed by atoms with E-state index in [1.54, 1.807) is 4.68 Å². The molecule has 0 radical (unpaired) electrons. The molecule has 0 unspecified atom stereocenters. The maximum absolute atomic E-state index is 12.2. The van der Waals surface area contributed by atoms with Crippen LogP contribution < -0.4 is 10.9 Å². The number of hydrogen-bond donors (Lipinski definition) is 3. The minimum Gasteiger partial charge on any atom is -0.391 e. The Morgan fingerprint density at radius 1 is 1.26 bits per heavy atom. The van der Waals surface area contributed by atoms with Crippen LogP contribution in [0.2, 0.25) is 0 Å². The van der Waals surface area contributed by atoms with E-state index in [9.17, 15) is 9.90 Å². The Bertz CT molecular complexity index is 886. The zero-order valence-corrected chi connectivity index (χ0v) is 12.4. The van der Waals surface area contributed by atoms with Gasteiger partial charge in [-0.2, -0.15) is 10.1 Å². The van der Waals surface area contributed by atoms with Crippen LogP contribution in [0.25, 0.3) is 16.7 Å². The topological polar surface area (TPSA) is 95.8 Å². The monoisotopic (exact) mass is 311 g/mol. The first-order valence-electron chi connectivity index (χ1n) is 7.70. The maximum atomic E-state index is 12.2. The van der Waals surface area contributed by atoms with E-state index in [0.29, 0.717) is 17.0 Å². The fourth-order valence-corrected chi connectivity index (χ4v) is 3.03. The summed E-state index contributed by atoms with van der Waals surface area (Å²) in [5, 5.41) is 17.8. The summed E-state index contributed by atoms with van der Waals surface area (Å²) < 4.78 is 1.64. The number of hydrogen-bond acceptors (Lipinski definition) is 5. The van der Waals surface area contributed by atoms with E-state index >= 15 is 0 Å². The minimum absolute atomic E-state index is 0.0799. The number of aromatic amines is 1. The lowest BCUT2D eigenvalue weighted by Crippen LogP contribution is -2.30. The highest BCUT2D eigenvalue weighted by Gasteiger charge is 2.25. The van der Waals surface area contributed by atoms with E-state index in [2.05, 4.69) is 20.4 Å². The first-order valence-corrected chi connectivity index (χ1v) is 7.70. The highest BCUT2D eigenvalue weighted by atomic mass is 16.3. The second-order valence-electron chi connectivity index (χ2n) is 5.79. The van der Waals surface area contributed by atoms with Gasteiger partial charge in [0.05, 0.1) is 24.0 Å². The van der Waals surface area contributed by atoms with Crippen molar-refractivity contribution in [3.63, 3.8) is 0 Å². The molecule has 1 saturated carbocycles. The van der Waals surface area contributed by atoms with Crippen molar-refractivity contribution in [2.45, 2.75) is 31.4 Å². The van der Waals surface area contributed by atoms with Crippen LogP contribution in [0.5, 0.6) is 0 Å². The van der Waals surface area contributed by atoms with Crippen molar-refractivity contribution in [2.24, 2.45) is 0 Å². The van der Waals surface area contributed by atoms with Crippen molar-refractivity contribution in [3.05, 3.63) is 46.9 Å². The predicted molar refractivity (Wildman–Crippen MR) is 86.8 cm³/mol. The van der Waals surface area contributed by atoms with E-state index in [0.717, 1.165) is 24.9 Å². The second-order valence-corrected chi connectivity index (χ2v) is 5.79. The lowest BCUT2D eigenvalue weighted by Gasteiger charge is -2.16. The van der Waals surface area contributed by atoms with Crippen molar-refractivity contribution in [3.8, 4) is 5.69 Å². The number of rotatable bonds is 3. The Kier molecular flexibility index (Phi) is 3.34. The van der Waals surface area contributed by atoms with E-state index in [1.807, 2.05) is 30.3 Å². The van der Waals surface area contributed by atoms with Crippen molar-refractivity contribution < 1.29 is 5.11 Å². The van der Waals surface area contributed by atoms with Crippen LogP contribution in [0.3, 0.4) is 0 Å². The molecule has 0 amide bonds. The number of fused-ring (bicyclic) bond motifs is 1. The third-order valence-corrected chi connectivity index (χ3v) is 4.24. The molecule has 1 aromatic carbocycles. The van der Waals surface area contributed by atoms with Crippen molar-refractivity contribution in [2.75, 3.05) is 5.32 Å². The molecule has 3 N–H and O–H groups in total. The zero-order valence-electron chi connectivity index (χ0n) is 12.4. The van der Waals surface area contributed by atoms with Crippen LogP contribution >= 0.6 is 0 Å². The maximum Gasteiger partial charge on any atom is 0.263 e. The number of aliphatic hydroxyl groups excluding tert-OH is 1. The summed E-state index contributed by atoms with van der Waals surface area (Å²) in [6, 6.07) is 9.47. The fraction of sp³-hybridized carbons (Fsp3) is 0.312. The van der Waals surface area contributed by atoms with Gasteiger partial charge in [-0.25, -0.2) is 4.68 Å². The van der Waals surface area contributed by atoms with Gasteiger partial charge in [0.1, 0.15) is 5.39 Å². The van der Waals surface area contributed by atoms with Crippen LogP contribution in [-0.4, -0.2) is 37.0 Å². The molecule has 0 spiro atoms. The molecule has 118 valence electrons. The summed E-state index contributed by atoms with van der Waals surface area (Å²) in [7, 11) is 0. The number of para-hydroxylation sites is 1. The van der Waals surface area contributed by atoms with Crippen molar-refractivity contribution in [1.29, 1.82) is 0 Å². The molecule has 7 heteroatoms. The number of benzene rings is 1. The van der Waals surface area contributed by atoms with E-state index < -0.39 is 6.10 Å². The quantitative estimate of drug-likeness (QED) is 0.680. The molecule has 2 atom stereocenters. The Hall–Kier alpha value is -2.67. The Balaban J connectivity index is 1.78. The van der Waals surface area contributed by atoms with E-state index in [4.69, 9.17) is 0 Å². The smallest absolute Gasteiger partial charge is 0.263 e. The summed E-state index contributed by atoms with van der Waals surface area (Å²) in [6.07, 6.45) is 3.71. The summed E-state index contributed by atoms with van der Waals surface area (Å²) >= 11 is 0. The minimum atomic E-state index is -0.407. The van der Waals surface area contributed by atoms with Crippen LogP contribution in [0.15, 0.2) is 41.3 Å². The van der Waals surface area contributed by atoms with Crippen LogP contribution in [0.1, 0.15) is 19.3 Å². The van der Waals surface area contributed by atoms with Gasteiger partial charge in [0, 0.05) is 0 Å². The first kappa shape index (κ1) is 14.0. The Labute approximate surface area is 132 Å². The van der Waals surface area contributed by atoms with Crippen LogP contribution in [-0.2, 0) is 0 Å². The van der Waals surface area contributed by atoms with Gasteiger partial charge in [0.15, 0.2) is 5.65 Å². The SMILES string of the molecule is O=c1[nH]c(N[C@@H]2CCC[C@H]2O)nc2c1cnn2-c1ccccc1. The molecule has 2 aromatic heterocycles. The van der Waals surface area contributed by atoms with Gasteiger partial charge in [-0.3, -0.25) is 9.78 Å². The molecule has 1 aliphatic rings. The molecule has 4 rings (SSSR count). The summed E-state index contributed by atoms with van der Waals surface area (Å²) in [5.74, 6) is 0.367. The van der Waals surface area contributed by atoms with Crippen LogP contribution in [0, 0.1) is 0 Å². The first-order chi connectivity index (χ1) is 11.2. The van der Waals surface area contributed by atoms with E-state index in [-0.39, 0.29) is 11.6 Å². The van der Waals surface area contributed by atoms with Gasteiger partial charge < -0.3 is 10.4 Å². The zero-order chi connectivity index (χ0) is 15.8. The van der Waals surface area contributed by atoms with Gasteiger partial charge >= 0.3 is 0 Å². The molecular weight excluding hydrogens is 294 g/mol. The molecule has 0 saturated heterocycles. The molecule has 0 bridgehead atoms.